The summed E-state index contributed by atoms with van der Waals surface area (Å²) in [6.07, 6.45) is 3.63. The molecule has 0 N–H and O–H groups in total. The van der Waals surface area contributed by atoms with Gasteiger partial charge in [-0.3, -0.25) is 9.48 Å². The van der Waals surface area contributed by atoms with Crippen molar-refractivity contribution in [3.8, 4) is 11.5 Å². The van der Waals surface area contributed by atoms with Crippen LogP contribution >= 0.6 is 0 Å². The second kappa shape index (κ2) is 8.67. The van der Waals surface area contributed by atoms with Gasteiger partial charge in [-0.15, -0.1) is 0 Å². The van der Waals surface area contributed by atoms with Gasteiger partial charge in [-0.05, 0) is 51.3 Å². The largest absolute Gasteiger partial charge is 0.497 e. The predicted octanol–water partition coefficient (Wildman–Crippen LogP) is 4.22. The molecular weight excluding hydrogens is 354 g/mol. The number of amides is 1. The van der Waals surface area contributed by atoms with Gasteiger partial charge in [-0.2, -0.15) is 5.10 Å². The highest BCUT2D eigenvalue weighted by Crippen LogP contribution is 2.40. The summed E-state index contributed by atoms with van der Waals surface area (Å²) in [5, 5.41) is 4.60. The topological polar surface area (TPSA) is 56.6 Å². The van der Waals surface area contributed by atoms with E-state index in [-0.39, 0.29) is 18.0 Å². The number of hydrogen-bond acceptors (Lipinski definition) is 4. The molecule has 1 aromatic carbocycles. The molecule has 1 fully saturated rings. The van der Waals surface area contributed by atoms with Gasteiger partial charge in [0.2, 0.25) is 5.91 Å². The minimum absolute atomic E-state index is 0.0182. The minimum atomic E-state index is -0.261. The van der Waals surface area contributed by atoms with E-state index in [0.29, 0.717) is 0 Å². The molecule has 0 bridgehead atoms. The number of benzene rings is 1. The van der Waals surface area contributed by atoms with Crippen LogP contribution < -0.4 is 9.47 Å². The van der Waals surface area contributed by atoms with E-state index in [1.165, 1.54) is 0 Å². The zero-order chi connectivity index (χ0) is 20.3. The normalized spacial score (nSPS) is 17.6. The molecule has 6 nitrogen and oxygen atoms in total. The molecule has 0 spiro atoms. The molecule has 2 aromatic rings. The van der Waals surface area contributed by atoms with E-state index in [1.807, 2.05) is 47.7 Å². The summed E-state index contributed by atoms with van der Waals surface area (Å²) in [4.78, 5) is 15.6. The zero-order valence-electron chi connectivity index (χ0n) is 17.6. The highest BCUT2D eigenvalue weighted by Gasteiger charge is 2.36. The smallest absolute Gasteiger partial charge is 0.247 e. The van der Waals surface area contributed by atoms with Crippen molar-refractivity contribution < 1.29 is 14.3 Å². The van der Waals surface area contributed by atoms with Gasteiger partial charge in [-0.25, -0.2) is 0 Å². The number of carbonyl (C=O) groups excluding carboxylic acids is 1. The van der Waals surface area contributed by atoms with E-state index in [9.17, 15) is 4.79 Å². The number of carbonyl (C=O) groups is 1. The highest BCUT2D eigenvalue weighted by atomic mass is 16.5. The number of likely N-dealkylation sites (tertiary alicyclic amines) is 1. The van der Waals surface area contributed by atoms with Gasteiger partial charge < -0.3 is 14.4 Å². The van der Waals surface area contributed by atoms with Gasteiger partial charge in [-0.1, -0.05) is 13.3 Å². The van der Waals surface area contributed by atoms with Crippen molar-refractivity contribution in [3.05, 3.63) is 41.2 Å². The summed E-state index contributed by atoms with van der Waals surface area (Å²) in [6.45, 7) is 6.86. The molecule has 152 valence electrons. The van der Waals surface area contributed by atoms with Gasteiger partial charge in [0.15, 0.2) is 0 Å². The van der Waals surface area contributed by atoms with Crippen LogP contribution in [0, 0.1) is 13.8 Å². The predicted molar refractivity (Wildman–Crippen MR) is 109 cm³/mol. The van der Waals surface area contributed by atoms with Crippen LogP contribution in [-0.4, -0.2) is 41.4 Å². The Morgan fingerprint density at radius 3 is 2.64 bits per heavy atom. The van der Waals surface area contributed by atoms with Crippen molar-refractivity contribution in [1.82, 2.24) is 14.7 Å². The molecule has 2 heterocycles. The second-order valence-corrected chi connectivity index (χ2v) is 7.47. The second-order valence-electron chi connectivity index (χ2n) is 7.47. The molecule has 3 rings (SSSR count). The Labute approximate surface area is 167 Å². The first kappa shape index (κ1) is 20.2. The molecule has 0 radical (unpaired) electrons. The Morgan fingerprint density at radius 1 is 1.25 bits per heavy atom. The summed E-state index contributed by atoms with van der Waals surface area (Å²) in [5.41, 5.74) is 3.01. The summed E-state index contributed by atoms with van der Waals surface area (Å²) < 4.78 is 12.8. The molecule has 0 saturated carbocycles. The number of ether oxygens (including phenoxy) is 2. The maximum Gasteiger partial charge on any atom is 0.247 e. The molecular formula is C22H31N3O3. The average Bonchev–Trinajstić information content (AvgIpc) is 3.31. The molecule has 0 unspecified atom stereocenters. The standard InChI is InChI=1S/C22H31N3O3/c1-6-8-20(25-16(3)13-15(2)23-25)22(26)24-12-7-9-19(24)18-11-10-17(27-4)14-21(18)28-5/h10-11,13-14,19-20H,6-9,12H2,1-5H3/t19-,20+/m0/s1. The molecule has 1 aromatic heterocycles. The van der Waals surface area contributed by atoms with Crippen molar-refractivity contribution >= 4 is 5.91 Å². The lowest BCUT2D eigenvalue weighted by Crippen LogP contribution is -2.37. The van der Waals surface area contributed by atoms with Gasteiger partial charge in [0.1, 0.15) is 17.5 Å². The van der Waals surface area contributed by atoms with Crippen LogP contribution in [0.5, 0.6) is 11.5 Å². The van der Waals surface area contributed by atoms with Gasteiger partial charge in [0, 0.05) is 23.9 Å². The fourth-order valence-electron chi connectivity index (χ4n) is 4.22. The quantitative estimate of drug-likeness (QED) is 0.716. The first-order chi connectivity index (χ1) is 13.5. The van der Waals surface area contributed by atoms with E-state index in [4.69, 9.17) is 9.47 Å². The van der Waals surface area contributed by atoms with Crippen molar-refractivity contribution in [1.29, 1.82) is 0 Å². The molecule has 28 heavy (non-hydrogen) atoms. The Hall–Kier alpha value is -2.50. The number of methoxy groups -OCH3 is 2. The first-order valence-corrected chi connectivity index (χ1v) is 10.0. The molecule has 1 saturated heterocycles. The highest BCUT2D eigenvalue weighted by molar-refractivity contribution is 5.81. The number of hydrogen-bond donors (Lipinski definition) is 0. The lowest BCUT2D eigenvalue weighted by molar-refractivity contribution is -0.136. The Morgan fingerprint density at radius 2 is 2.04 bits per heavy atom. The van der Waals surface area contributed by atoms with E-state index in [1.54, 1.807) is 14.2 Å². The molecule has 6 heteroatoms. The third-order valence-electron chi connectivity index (χ3n) is 5.52. The third-order valence-corrected chi connectivity index (χ3v) is 5.52. The van der Waals surface area contributed by atoms with Crippen LogP contribution in [0.1, 0.15) is 61.6 Å². The number of aryl methyl sites for hydroxylation is 2. The molecule has 1 aliphatic rings. The molecule has 0 aliphatic carbocycles. The lowest BCUT2D eigenvalue weighted by atomic mass is 10.0. The van der Waals surface area contributed by atoms with E-state index in [0.717, 1.165) is 60.7 Å². The number of nitrogens with zero attached hydrogens (tertiary/aromatic N) is 3. The third kappa shape index (κ3) is 3.86. The summed E-state index contributed by atoms with van der Waals surface area (Å²) in [5.74, 6) is 1.67. The molecule has 1 aliphatic heterocycles. The maximum absolute atomic E-state index is 13.6. The fraction of sp³-hybridized carbons (Fsp3) is 0.545. The Balaban J connectivity index is 1.92. The van der Waals surface area contributed by atoms with Gasteiger partial charge in [0.25, 0.3) is 0 Å². The van der Waals surface area contributed by atoms with Crippen molar-refractivity contribution in [2.24, 2.45) is 0 Å². The summed E-state index contributed by atoms with van der Waals surface area (Å²) in [7, 11) is 3.30. The van der Waals surface area contributed by atoms with Crippen molar-refractivity contribution in [3.63, 3.8) is 0 Å². The van der Waals surface area contributed by atoms with Crippen molar-refractivity contribution in [2.45, 2.75) is 58.5 Å². The summed E-state index contributed by atoms with van der Waals surface area (Å²) >= 11 is 0. The van der Waals surface area contributed by atoms with Crippen LogP contribution in [0.4, 0.5) is 0 Å². The number of aromatic nitrogens is 2. The summed E-state index contributed by atoms with van der Waals surface area (Å²) in [6, 6.07) is 7.63. The maximum atomic E-state index is 13.6. The van der Waals surface area contributed by atoms with Gasteiger partial charge in [0.05, 0.1) is 26.0 Å². The zero-order valence-corrected chi connectivity index (χ0v) is 17.6. The van der Waals surface area contributed by atoms with Crippen LogP contribution in [0.2, 0.25) is 0 Å². The monoisotopic (exact) mass is 385 g/mol. The fourth-order valence-corrected chi connectivity index (χ4v) is 4.22. The van der Waals surface area contributed by atoms with Crippen LogP contribution in [0.3, 0.4) is 0 Å². The van der Waals surface area contributed by atoms with Crippen LogP contribution in [0.15, 0.2) is 24.3 Å². The number of rotatable bonds is 7. The van der Waals surface area contributed by atoms with Crippen LogP contribution in [-0.2, 0) is 4.79 Å². The van der Waals surface area contributed by atoms with Crippen LogP contribution in [0.25, 0.3) is 0 Å². The Kier molecular flexibility index (Phi) is 6.27. The van der Waals surface area contributed by atoms with E-state index < -0.39 is 0 Å². The molecule has 2 atom stereocenters. The Bertz CT molecular complexity index is 830. The lowest BCUT2D eigenvalue weighted by Gasteiger charge is -2.30. The molecule has 1 amide bonds. The van der Waals surface area contributed by atoms with E-state index >= 15 is 0 Å². The van der Waals surface area contributed by atoms with E-state index in [2.05, 4.69) is 12.0 Å². The first-order valence-electron chi connectivity index (χ1n) is 10.0. The average molecular weight is 386 g/mol. The SMILES string of the molecule is CCC[C@H](C(=O)N1CCC[C@H]1c1ccc(OC)cc1OC)n1nc(C)cc1C. The minimum Gasteiger partial charge on any atom is -0.497 e. The van der Waals surface area contributed by atoms with Crippen molar-refractivity contribution in [2.75, 3.05) is 20.8 Å². The van der Waals surface area contributed by atoms with Gasteiger partial charge >= 0.3 is 0 Å².